The van der Waals surface area contributed by atoms with Gasteiger partial charge in [0.25, 0.3) is 0 Å². The van der Waals surface area contributed by atoms with Crippen molar-refractivity contribution in [2.24, 2.45) is 23.7 Å². The molecule has 9 N–H and O–H groups in total. The van der Waals surface area contributed by atoms with Crippen LogP contribution < -0.4 is 0 Å². The maximum Gasteiger partial charge on any atom is 0.400 e. The molecule has 6 fully saturated rings. The molecule has 0 spiro atoms. The Labute approximate surface area is 494 Å². The Bertz CT molecular complexity index is 2320. The van der Waals surface area contributed by atoms with Crippen molar-refractivity contribution in [1.82, 2.24) is 0 Å². The summed E-state index contributed by atoms with van der Waals surface area (Å²) in [6.07, 6.45) is -6.10. The Balaban J connectivity index is 0.000000278. The predicted molar refractivity (Wildman–Crippen MR) is 284 cm³/mol. The van der Waals surface area contributed by atoms with Gasteiger partial charge in [-0.2, -0.15) is 37.0 Å². The summed E-state index contributed by atoms with van der Waals surface area (Å²) in [6.45, 7) is 12.8. The number of rotatable bonds is 15. The molecule has 6 aliphatic heterocycles. The van der Waals surface area contributed by atoms with Gasteiger partial charge in [0.1, 0.15) is 77.1 Å². The number of thioether (sulfide) groups is 1. The minimum atomic E-state index is -4.82. The van der Waals surface area contributed by atoms with E-state index in [-0.39, 0.29) is 91.8 Å². The third-order valence-electron chi connectivity index (χ3n) is 13.9. The molecule has 0 amide bonds. The molecule has 0 bridgehead atoms. The maximum atomic E-state index is 11.3. The predicted octanol–water partition coefficient (Wildman–Crippen LogP) is 1.93. The molecule has 8 rings (SSSR count). The minimum absolute atomic E-state index is 0. The Kier molecular flexibility index (Phi) is 30.4. The van der Waals surface area contributed by atoms with Gasteiger partial charge in [-0.1, -0.05) is 102 Å². The second kappa shape index (κ2) is 32.8. The number of aliphatic hydroxyl groups excluding tert-OH is 5. The van der Waals surface area contributed by atoms with E-state index in [2.05, 4.69) is 61.7 Å². The maximum absolute atomic E-state index is 11.3. The quantitative estimate of drug-likeness (QED) is 0.0989. The van der Waals surface area contributed by atoms with Crippen molar-refractivity contribution in [3.05, 3.63) is 71.8 Å². The normalized spacial score (nSPS) is 35.7. The summed E-state index contributed by atoms with van der Waals surface area (Å²) in [5.41, 5.74) is 1.76. The third-order valence-corrected chi connectivity index (χ3v) is 23.8. The van der Waals surface area contributed by atoms with Crippen LogP contribution in [0, 0.1) is 67.7 Å². The zero-order valence-electron chi connectivity index (χ0n) is 43.4. The molecule has 2 aromatic carbocycles. The van der Waals surface area contributed by atoms with Gasteiger partial charge in [-0.05, 0) is 41.3 Å². The largest absolute Gasteiger partial charge is 0.412 e. The van der Waals surface area contributed by atoms with Crippen molar-refractivity contribution in [3.63, 3.8) is 0 Å². The molecule has 29 heteroatoms. The average Bonchev–Trinajstić information content (AvgIpc) is 3.94. The van der Waals surface area contributed by atoms with Crippen LogP contribution in [0.3, 0.4) is 0 Å². The number of benzene rings is 2. The van der Waals surface area contributed by atoms with Crippen molar-refractivity contribution >= 4 is 64.7 Å². The fourth-order valence-electron chi connectivity index (χ4n) is 9.40. The second-order valence-electron chi connectivity index (χ2n) is 19.1. The Morgan fingerprint density at radius 1 is 0.763 bits per heavy atom. The van der Waals surface area contributed by atoms with Crippen LogP contribution in [0.5, 0.6) is 0 Å². The molecule has 6 aliphatic rings. The SMILES string of the molecule is CC[C@@H]1[C@@H](C)[C@H](C)C[S+]1C[C@H]1OC(c2ccccc2)OC[C@@H]1OS(=O)(=O)O.CC[C@H]1SC[C@@H](C)[C@@H]1C.O.O=S(=O)(O)O[C@@H](CO)[C@H](O)C[S+]1C[C@@H](O)[C@H](O)[C@H]1CO.O=S1(=O)OC[C@H]2OC(c3ccccc3)OC[C@@H]2O1.[Ac]. The van der Waals surface area contributed by atoms with Gasteiger partial charge in [0, 0.05) is 83.2 Å². The average molecular weight is 1410 g/mol. The van der Waals surface area contributed by atoms with E-state index in [1.165, 1.54) is 12.2 Å². The fraction of sp³-hybridized carbons (Fsp3) is 0.745. The van der Waals surface area contributed by atoms with E-state index >= 15 is 0 Å². The van der Waals surface area contributed by atoms with Crippen molar-refractivity contribution in [2.75, 3.05) is 61.8 Å². The summed E-state index contributed by atoms with van der Waals surface area (Å²) < 4.78 is 125. The summed E-state index contributed by atoms with van der Waals surface area (Å²) in [6, 6.07) is 19.0. The summed E-state index contributed by atoms with van der Waals surface area (Å²) in [4.78, 5) is 0. The molecule has 0 saturated carbocycles. The summed E-state index contributed by atoms with van der Waals surface area (Å²) >= 11 is 2.16. The first kappa shape index (κ1) is 70.4. The van der Waals surface area contributed by atoms with Crippen LogP contribution in [-0.2, 0) is 88.7 Å². The number of ether oxygens (including phenoxy) is 4. The van der Waals surface area contributed by atoms with Crippen LogP contribution >= 0.6 is 11.8 Å². The van der Waals surface area contributed by atoms with Gasteiger partial charge in [0.05, 0.1) is 33.0 Å². The third kappa shape index (κ3) is 21.4. The van der Waals surface area contributed by atoms with E-state index in [1.54, 1.807) is 0 Å². The summed E-state index contributed by atoms with van der Waals surface area (Å²) in [5.74, 6) is 6.50. The molecular formula is C47H78AcO22S6+2. The Hall–Kier alpha value is 0.142. The molecule has 0 aromatic heterocycles. The second-order valence-corrected chi connectivity index (χ2v) is 28.4. The van der Waals surface area contributed by atoms with Gasteiger partial charge >= 0.3 is 31.2 Å². The fourth-order valence-corrected chi connectivity index (χ4v) is 19.3. The monoisotopic (exact) mass is 1410 g/mol. The molecule has 0 aliphatic carbocycles. The van der Waals surface area contributed by atoms with E-state index in [0.29, 0.717) is 17.1 Å². The zero-order valence-corrected chi connectivity index (χ0v) is 53.1. The molecule has 22 nitrogen and oxygen atoms in total. The number of hydrogen-bond donors (Lipinski definition) is 7. The molecular weight excluding hydrogens is 1340 g/mol. The first-order valence-electron chi connectivity index (χ1n) is 24.6. The van der Waals surface area contributed by atoms with E-state index in [4.69, 9.17) is 46.6 Å². The Morgan fingerprint density at radius 3 is 1.86 bits per heavy atom. The molecule has 6 saturated heterocycles. The van der Waals surface area contributed by atoms with Crippen molar-refractivity contribution in [2.45, 2.75) is 132 Å². The molecule has 6 heterocycles. The van der Waals surface area contributed by atoms with Gasteiger partial charge in [-0.25, -0.2) is 16.7 Å². The first-order valence-corrected chi connectivity index (χ1v) is 33.0. The zero-order chi connectivity index (χ0) is 54.5. The molecule has 4 unspecified atom stereocenters. The van der Waals surface area contributed by atoms with E-state index in [1.807, 2.05) is 60.7 Å². The van der Waals surface area contributed by atoms with E-state index < -0.39 is 122 Å². The molecule has 1 radical (unpaired) electrons. The van der Waals surface area contributed by atoms with Crippen LogP contribution in [0.1, 0.15) is 78.1 Å². The van der Waals surface area contributed by atoms with Gasteiger partial charge < -0.3 is 50.0 Å². The van der Waals surface area contributed by atoms with Crippen LogP contribution in [0.25, 0.3) is 0 Å². The topological polar surface area (TPSA) is 349 Å². The summed E-state index contributed by atoms with van der Waals surface area (Å²) in [7, 11) is -13.9. The molecule has 2 aromatic rings. The number of hydrogen-bond acceptors (Lipinski definition) is 20. The Morgan fingerprint density at radius 2 is 1.36 bits per heavy atom. The van der Waals surface area contributed by atoms with Crippen LogP contribution in [-0.4, -0.2) is 192 Å². The standard InChI is InChI=1S/C19H28O6S2.C11H12O6S.C9H18O9S2.C8H16S.Ac.H2O/c1-4-18-14(3)13(2)11-26(18)12-17-16(25-27(20,21)22)10-23-19(24-17)15-8-6-5-7-9-15;12-18(13)15-7-9-10(17-18)6-14-11(16-9)8-4-2-1-3-5-8;10-1-7(18-20(15,16)17)5(12)3-19-4-6(13)9(14)8(19)2-11;1-4-8-7(3)6(2)5-9-8;;/h5-9,13-14,16-19H,4,10-12H2,1-3H3;1-5,9-11H,6-7H2;5-14H,1-4H2;6-8H,4-5H2,1-3H3;;1H2/p+2/t13-,14+,16+,17-,18-,19?,26?;9-,10+,11?;5-,6-,7+,8-,9+,19?;6-,7+,8-;;/m1111../s1. The number of fused-ring (bicyclic) bond motifs is 1. The first-order chi connectivity index (χ1) is 34.9. The summed E-state index contributed by atoms with van der Waals surface area (Å²) in [5, 5.41) is 48.0. The van der Waals surface area contributed by atoms with Crippen molar-refractivity contribution < 1.29 is 145 Å². The number of aliphatic hydroxyl groups is 5. The van der Waals surface area contributed by atoms with Crippen LogP contribution in [0.2, 0.25) is 0 Å². The van der Waals surface area contributed by atoms with Gasteiger partial charge in [0.2, 0.25) is 0 Å². The van der Waals surface area contributed by atoms with Crippen LogP contribution in [0.4, 0.5) is 0 Å². The molecule has 19 atom stereocenters. The van der Waals surface area contributed by atoms with E-state index in [0.717, 1.165) is 46.1 Å². The van der Waals surface area contributed by atoms with Gasteiger partial charge in [0.15, 0.2) is 17.8 Å². The van der Waals surface area contributed by atoms with Gasteiger partial charge in [-0.3, -0.25) is 9.11 Å². The minimum Gasteiger partial charge on any atom is -0.412 e. The van der Waals surface area contributed by atoms with Crippen molar-refractivity contribution in [3.8, 4) is 0 Å². The smallest absolute Gasteiger partial charge is 0.400 e. The van der Waals surface area contributed by atoms with Crippen molar-refractivity contribution in [1.29, 1.82) is 0 Å². The van der Waals surface area contributed by atoms with Crippen LogP contribution in [0.15, 0.2) is 60.7 Å². The van der Waals surface area contributed by atoms with Gasteiger partial charge in [-0.15, -0.1) is 0 Å². The molecule has 76 heavy (non-hydrogen) atoms. The van der Waals surface area contributed by atoms with E-state index in [9.17, 15) is 40.6 Å². The molecule has 435 valence electrons.